The highest BCUT2D eigenvalue weighted by Crippen LogP contribution is 2.37. The normalized spacial score (nSPS) is 14.2. The molecule has 0 fully saturated rings. The van der Waals surface area contributed by atoms with Crippen LogP contribution in [-0.4, -0.2) is 99.7 Å². The van der Waals surface area contributed by atoms with E-state index in [0.29, 0.717) is 36.3 Å². The summed E-state index contributed by atoms with van der Waals surface area (Å²) in [6.45, 7) is 16.0. The van der Waals surface area contributed by atoms with E-state index < -0.39 is 35.4 Å². The van der Waals surface area contributed by atoms with Gasteiger partial charge in [0.1, 0.15) is 43.4 Å². The summed E-state index contributed by atoms with van der Waals surface area (Å²) in [5.74, 6) is 1.37. The molecule has 5 rings (SSSR count). The molecule has 1 aliphatic rings. The minimum absolute atomic E-state index is 0.0371. The van der Waals surface area contributed by atoms with Gasteiger partial charge in [-0.25, -0.2) is 4.79 Å². The number of carbonyl (C=O) groups excluding carboxylic acids is 2. The fourth-order valence-corrected chi connectivity index (χ4v) is 7.42. The van der Waals surface area contributed by atoms with Crippen molar-refractivity contribution in [1.82, 2.24) is 9.78 Å². The standard InChI is InChI=1S/C15H14Cl2N2O3.C14H20ClNO2.C11H11Cl2NO2.C5H12NO4P/c1-5-6-21-12-8-11(9(16)7-10(12)17)19-14(20)22-13(18-19)15(2,3)4;1-4-12-8-6-7-11(3)14(12)16(10-18-5-2)13(17)9-15;1-7-6-16-9-5-3-2-4-8(9)14(7)11(15)10(12)13;1-11(9,10)3-2-4(6)5(7)8/h1,7-8H,6H2,2-4H3;6-8H,4-5,9-10H2,1-3H3;2-5,7,10H,6H2,1H3;4H,2-3,6H2,1H3,(H,7,8)(H,9,10). The molecule has 0 radical (unpaired) electrons. The molecule has 3 atom stereocenters. The Morgan fingerprint density at radius 1 is 1.09 bits per heavy atom. The van der Waals surface area contributed by atoms with Crippen molar-refractivity contribution in [1.29, 1.82) is 0 Å². The number of hydrogen-bond acceptors (Lipinski definition) is 11. The second kappa shape index (κ2) is 27.7. The number of hydrogen-bond donors (Lipinski definition) is 3. The van der Waals surface area contributed by atoms with Gasteiger partial charge in [0.2, 0.25) is 11.8 Å². The van der Waals surface area contributed by atoms with Crippen molar-refractivity contribution < 1.29 is 47.6 Å². The summed E-state index contributed by atoms with van der Waals surface area (Å²) >= 11 is 29.1. The lowest BCUT2D eigenvalue weighted by Crippen LogP contribution is -2.47. The van der Waals surface area contributed by atoms with E-state index in [1.54, 1.807) is 9.80 Å². The zero-order valence-electron chi connectivity index (χ0n) is 38.4. The molecule has 1 aromatic heterocycles. The first-order valence-corrected chi connectivity index (χ1v) is 25.1. The van der Waals surface area contributed by atoms with Gasteiger partial charge in [-0.3, -0.25) is 23.8 Å². The van der Waals surface area contributed by atoms with Crippen LogP contribution in [0.2, 0.25) is 10.0 Å². The lowest BCUT2D eigenvalue weighted by atomic mass is 9.97. The number of ether oxygens (including phenoxy) is 3. The number of benzene rings is 3. The average molecular weight is 1050 g/mol. The maximum atomic E-state index is 12.0. The smallest absolute Gasteiger partial charge is 0.442 e. The number of carboxylic acid groups (broad SMARTS) is 1. The van der Waals surface area contributed by atoms with E-state index in [1.165, 1.54) is 18.8 Å². The number of carboxylic acids is 1. The van der Waals surface area contributed by atoms with E-state index in [0.717, 1.165) is 33.6 Å². The van der Waals surface area contributed by atoms with Crippen LogP contribution in [0.3, 0.4) is 0 Å². The summed E-state index contributed by atoms with van der Waals surface area (Å²) in [5, 5.41) is 13.0. The van der Waals surface area contributed by atoms with Crippen LogP contribution in [0.15, 0.2) is 63.8 Å². The van der Waals surface area contributed by atoms with Crippen molar-refractivity contribution in [3.05, 3.63) is 92.2 Å². The topological polar surface area (TPSA) is 217 Å². The maximum absolute atomic E-state index is 12.0. The van der Waals surface area contributed by atoms with Crippen LogP contribution in [0.25, 0.3) is 5.69 Å². The van der Waals surface area contributed by atoms with Crippen LogP contribution in [0.4, 0.5) is 11.4 Å². The van der Waals surface area contributed by atoms with Crippen molar-refractivity contribution in [3.63, 3.8) is 0 Å². The maximum Gasteiger partial charge on any atom is 0.442 e. The highest BCUT2D eigenvalue weighted by Gasteiger charge is 2.32. The van der Waals surface area contributed by atoms with E-state index in [-0.39, 0.29) is 59.7 Å². The third kappa shape index (κ3) is 18.3. The molecule has 22 heteroatoms. The average Bonchev–Trinajstić information content (AvgIpc) is 3.67. The lowest BCUT2D eigenvalue weighted by Gasteiger charge is -2.35. The van der Waals surface area contributed by atoms with Crippen molar-refractivity contribution in [2.75, 3.05) is 55.1 Å². The molecule has 0 bridgehead atoms. The fourth-order valence-electron chi connectivity index (χ4n) is 5.80. The molecule has 67 heavy (non-hydrogen) atoms. The molecule has 0 spiro atoms. The number of nitrogens with two attached hydrogens (primary N) is 1. The molecule has 0 saturated carbocycles. The predicted molar refractivity (Wildman–Crippen MR) is 266 cm³/mol. The van der Waals surface area contributed by atoms with Crippen LogP contribution in [-0.2, 0) is 35.5 Å². The van der Waals surface area contributed by atoms with Gasteiger partial charge in [-0.15, -0.1) is 23.1 Å². The molecule has 2 heterocycles. The Labute approximate surface area is 415 Å². The number of para-hydroxylation sites is 3. The van der Waals surface area contributed by atoms with E-state index in [4.69, 9.17) is 98.8 Å². The number of fused-ring (bicyclic) bond motifs is 1. The second-order valence-electron chi connectivity index (χ2n) is 15.7. The molecule has 368 valence electrons. The van der Waals surface area contributed by atoms with Gasteiger partial charge in [-0.1, -0.05) is 110 Å². The Morgan fingerprint density at radius 3 is 2.28 bits per heavy atom. The van der Waals surface area contributed by atoms with E-state index in [9.17, 15) is 23.7 Å². The van der Waals surface area contributed by atoms with Gasteiger partial charge in [-0.2, -0.15) is 4.68 Å². The van der Waals surface area contributed by atoms with Crippen molar-refractivity contribution in [2.45, 2.75) is 83.6 Å². The highest BCUT2D eigenvalue weighted by atomic mass is 35.5. The first-order chi connectivity index (χ1) is 31.3. The minimum Gasteiger partial charge on any atom is -0.489 e. The number of halogens is 5. The van der Waals surface area contributed by atoms with Crippen molar-refractivity contribution in [2.24, 2.45) is 5.73 Å². The van der Waals surface area contributed by atoms with Gasteiger partial charge in [0.15, 0.2) is 12.2 Å². The SMILES string of the molecule is C#CCOc1cc(-n2nc(C(C)(C)C)oc2=O)c(Cl)cc1Cl.CC1COc2ccccc2N1C(=O)C(Cl)Cl.CCOCN(C(=O)CCl)c1c(C)cccc1CC.CP(=O)(O)CCC(N)C(=O)O. The largest absolute Gasteiger partial charge is 0.489 e. The third-order valence-corrected chi connectivity index (χ3v) is 11.5. The summed E-state index contributed by atoms with van der Waals surface area (Å²) < 4.78 is 33.1. The molecule has 2 amide bonds. The van der Waals surface area contributed by atoms with Crippen molar-refractivity contribution in [3.8, 4) is 29.5 Å². The second-order valence-corrected chi connectivity index (χ2v) is 20.4. The first kappa shape index (κ1) is 58.9. The molecule has 16 nitrogen and oxygen atoms in total. The number of terminal acetylenes is 1. The third-order valence-electron chi connectivity index (χ3n) is 9.18. The van der Waals surface area contributed by atoms with Gasteiger partial charge < -0.3 is 39.3 Å². The van der Waals surface area contributed by atoms with Crippen LogP contribution in [0.1, 0.15) is 65.0 Å². The summed E-state index contributed by atoms with van der Waals surface area (Å²) in [5.41, 5.74) is 8.83. The van der Waals surface area contributed by atoms with Gasteiger partial charge in [-0.05, 0) is 62.9 Å². The van der Waals surface area contributed by atoms with Crippen molar-refractivity contribution >= 4 is 94.5 Å². The number of carbonyl (C=O) groups is 3. The van der Waals surface area contributed by atoms with Gasteiger partial charge >= 0.3 is 11.7 Å². The Balaban J connectivity index is 0.000000315. The Morgan fingerprint density at radius 2 is 1.75 bits per heavy atom. The molecule has 3 unspecified atom stereocenters. The molecule has 0 aliphatic carbocycles. The van der Waals surface area contributed by atoms with Crippen LogP contribution >= 0.6 is 65.4 Å². The number of aryl methyl sites for hydroxylation is 2. The zero-order chi connectivity index (χ0) is 50.8. The summed E-state index contributed by atoms with van der Waals surface area (Å²) in [6, 6.07) is 15.2. The zero-order valence-corrected chi connectivity index (χ0v) is 43.1. The fraction of sp³-hybridized carbons (Fsp3) is 0.444. The molecule has 4 N–H and O–H groups in total. The van der Waals surface area contributed by atoms with Crippen LogP contribution < -0.4 is 30.8 Å². The monoisotopic (exact) mass is 1050 g/mol. The lowest BCUT2D eigenvalue weighted by molar-refractivity contribution is -0.138. The Kier molecular flexibility index (Phi) is 24.3. The molecule has 4 aromatic rings. The molecular weight excluding hydrogens is 995 g/mol. The number of aromatic nitrogens is 2. The van der Waals surface area contributed by atoms with E-state index in [1.807, 2.05) is 84.0 Å². The van der Waals surface area contributed by atoms with E-state index >= 15 is 0 Å². The number of amides is 2. The summed E-state index contributed by atoms with van der Waals surface area (Å²) in [6.07, 6.45) is 6.02. The number of alkyl halides is 3. The number of anilines is 2. The van der Waals surface area contributed by atoms with Crippen LogP contribution in [0.5, 0.6) is 11.5 Å². The highest BCUT2D eigenvalue weighted by molar-refractivity contribution is 7.57. The number of aliphatic carboxylic acids is 1. The number of rotatable bonds is 14. The molecule has 0 saturated heterocycles. The summed E-state index contributed by atoms with van der Waals surface area (Å²) in [7, 11) is -3.10. The number of nitrogens with zero attached hydrogens (tertiary/aromatic N) is 4. The van der Waals surface area contributed by atoms with Gasteiger partial charge in [0.25, 0.3) is 5.91 Å². The predicted octanol–water partition coefficient (Wildman–Crippen LogP) is 8.86. The van der Waals surface area contributed by atoms with Gasteiger partial charge in [0.05, 0.1) is 33.1 Å². The minimum atomic E-state index is -3.10. The summed E-state index contributed by atoms with van der Waals surface area (Å²) in [4.78, 5) is 56.9. The quantitative estimate of drug-likeness (QED) is 0.0466. The molecule has 3 aromatic carbocycles. The van der Waals surface area contributed by atoms with E-state index in [2.05, 4.69) is 17.9 Å². The molecule has 1 aliphatic heterocycles. The first-order valence-electron chi connectivity index (χ1n) is 20.6. The Hall–Kier alpha value is -4.27. The van der Waals surface area contributed by atoms with Crippen LogP contribution in [0, 0.1) is 19.3 Å². The van der Waals surface area contributed by atoms with Gasteiger partial charge in [0, 0.05) is 30.9 Å². The Bertz CT molecular complexity index is 2430. The molecular formula is C45H57Cl5N5O11P.